The molecule has 2 nitrogen and oxygen atoms in total. The molecule has 0 aromatic carbocycles. The molecule has 0 unspecified atom stereocenters. The van der Waals surface area contributed by atoms with Crippen molar-refractivity contribution in [3.63, 3.8) is 0 Å². The summed E-state index contributed by atoms with van der Waals surface area (Å²) in [6.07, 6.45) is 1.11. The van der Waals surface area contributed by atoms with Gasteiger partial charge in [-0.3, -0.25) is 0 Å². The normalized spacial score (nSPS) is 10.8. The molecule has 0 aliphatic carbocycles. The summed E-state index contributed by atoms with van der Waals surface area (Å²) in [5, 5.41) is 4.08. The highest BCUT2D eigenvalue weighted by Crippen LogP contribution is 2.14. The van der Waals surface area contributed by atoms with Gasteiger partial charge in [0.1, 0.15) is 5.75 Å². The van der Waals surface area contributed by atoms with Crippen molar-refractivity contribution in [2.45, 2.75) is 20.3 Å². The van der Waals surface area contributed by atoms with E-state index in [0.29, 0.717) is 0 Å². The Morgan fingerprint density at radius 2 is 2.14 bits per heavy atom. The molecule has 0 fully saturated rings. The summed E-state index contributed by atoms with van der Waals surface area (Å²) in [6.45, 7) is 8.63. The highest BCUT2D eigenvalue weighted by molar-refractivity contribution is 7.08. The fourth-order valence-corrected chi connectivity index (χ4v) is 1.92. The van der Waals surface area contributed by atoms with Crippen molar-refractivity contribution in [2.24, 2.45) is 0 Å². The van der Waals surface area contributed by atoms with Crippen molar-refractivity contribution in [1.82, 2.24) is 4.90 Å². The third-order valence-electron chi connectivity index (χ3n) is 2.28. The number of hydrogen-bond donors (Lipinski definition) is 0. The van der Waals surface area contributed by atoms with Crippen molar-refractivity contribution in [3.05, 3.63) is 16.8 Å². The zero-order valence-electron chi connectivity index (χ0n) is 9.03. The smallest absolute Gasteiger partial charge is 0.129 e. The highest BCUT2D eigenvalue weighted by Gasteiger charge is 1.98. The molecule has 1 heterocycles. The topological polar surface area (TPSA) is 12.5 Å². The third kappa shape index (κ3) is 4.11. The number of thiophene rings is 1. The average molecular weight is 213 g/mol. The van der Waals surface area contributed by atoms with E-state index in [0.717, 1.165) is 38.4 Å². The van der Waals surface area contributed by atoms with Gasteiger partial charge in [0, 0.05) is 11.9 Å². The van der Waals surface area contributed by atoms with Crippen LogP contribution in [0.3, 0.4) is 0 Å². The van der Waals surface area contributed by atoms with Crippen LogP contribution in [-0.4, -0.2) is 31.1 Å². The van der Waals surface area contributed by atoms with Gasteiger partial charge < -0.3 is 9.64 Å². The summed E-state index contributed by atoms with van der Waals surface area (Å²) in [5.41, 5.74) is 0. The van der Waals surface area contributed by atoms with Gasteiger partial charge >= 0.3 is 0 Å². The summed E-state index contributed by atoms with van der Waals surface area (Å²) in [7, 11) is 0. The van der Waals surface area contributed by atoms with E-state index in [9.17, 15) is 0 Å². The van der Waals surface area contributed by atoms with Crippen LogP contribution in [0.2, 0.25) is 0 Å². The van der Waals surface area contributed by atoms with Crippen LogP contribution in [0, 0.1) is 0 Å². The van der Waals surface area contributed by atoms with Crippen molar-refractivity contribution in [3.8, 4) is 5.75 Å². The zero-order valence-corrected chi connectivity index (χ0v) is 9.85. The average Bonchev–Trinajstić information content (AvgIpc) is 2.71. The van der Waals surface area contributed by atoms with E-state index >= 15 is 0 Å². The first kappa shape index (κ1) is 11.5. The van der Waals surface area contributed by atoms with Crippen LogP contribution in [0.25, 0.3) is 0 Å². The van der Waals surface area contributed by atoms with Crippen molar-refractivity contribution < 1.29 is 4.74 Å². The number of rotatable bonds is 7. The Balaban J connectivity index is 2.04. The van der Waals surface area contributed by atoms with Crippen molar-refractivity contribution in [1.29, 1.82) is 0 Å². The fourth-order valence-electron chi connectivity index (χ4n) is 1.35. The fraction of sp³-hybridized carbons (Fsp3) is 0.636. The van der Waals surface area contributed by atoms with Gasteiger partial charge in [0.25, 0.3) is 0 Å². The lowest BCUT2D eigenvalue weighted by atomic mass is 10.4. The van der Waals surface area contributed by atoms with Crippen LogP contribution >= 0.6 is 11.3 Å². The minimum absolute atomic E-state index is 0.827. The second kappa shape index (κ2) is 6.85. The molecule has 1 aromatic rings. The minimum atomic E-state index is 0.827. The maximum atomic E-state index is 5.57. The lowest BCUT2D eigenvalue weighted by molar-refractivity contribution is 0.249. The Hall–Kier alpha value is -0.540. The molecule has 0 aliphatic rings. The van der Waals surface area contributed by atoms with Gasteiger partial charge in [0.05, 0.1) is 6.61 Å². The SMILES string of the molecule is CCN(CC)CCCOc1ccsc1. The number of hydrogen-bond acceptors (Lipinski definition) is 3. The summed E-state index contributed by atoms with van der Waals surface area (Å²) < 4.78 is 5.57. The third-order valence-corrected chi connectivity index (χ3v) is 2.94. The number of ether oxygens (including phenoxy) is 1. The Kier molecular flexibility index (Phi) is 5.64. The molecule has 0 amide bonds. The van der Waals surface area contributed by atoms with Crippen molar-refractivity contribution in [2.75, 3.05) is 26.2 Å². The molecule has 1 rings (SSSR count). The van der Waals surface area contributed by atoms with Crippen molar-refractivity contribution >= 4 is 11.3 Å². The van der Waals surface area contributed by atoms with E-state index in [-0.39, 0.29) is 0 Å². The predicted molar refractivity (Wildman–Crippen MR) is 62.2 cm³/mol. The number of nitrogens with zero attached hydrogens (tertiary/aromatic N) is 1. The summed E-state index contributed by atoms with van der Waals surface area (Å²) in [4.78, 5) is 2.41. The molecular formula is C11H19NOS. The monoisotopic (exact) mass is 213 g/mol. The predicted octanol–water partition coefficient (Wildman–Crippen LogP) is 2.86. The van der Waals surface area contributed by atoms with Gasteiger partial charge in [-0.1, -0.05) is 13.8 Å². The molecule has 1 aromatic heterocycles. The van der Waals surface area contributed by atoms with Crippen LogP contribution in [-0.2, 0) is 0 Å². The summed E-state index contributed by atoms with van der Waals surface area (Å²) >= 11 is 1.68. The molecule has 0 aliphatic heterocycles. The second-order valence-corrected chi connectivity index (χ2v) is 3.97. The Morgan fingerprint density at radius 3 is 2.71 bits per heavy atom. The summed E-state index contributed by atoms with van der Waals surface area (Å²) in [6, 6.07) is 2.02. The molecule has 80 valence electrons. The maximum absolute atomic E-state index is 5.57. The Morgan fingerprint density at radius 1 is 1.36 bits per heavy atom. The van der Waals surface area contributed by atoms with E-state index in [4.69, 9.17) is 4.74 Å². The first-order valence-electron chi connectivity index (χ1n) is 5.24. The van der Waals surface area contributed by atoms with Gasteiger partial charge in [-0.2, -0.15) is 0 Å². The molecule has 14 heavy (non-hydrogen) atoms. The first-order chi connectivity index (χ1) is 6.86. The van der Waals surface area contributed by atoms with Crippen LogP contribution in [0.15, 0.2) is 16.8 Å². The molecule has 0 saturated heterocycles. The van der Waals surface area contributed by atoms with E-state index in [1.54, 1.807) is 11.3 Å². The van der Waals surface area contributed by atoms with Crippen LogP contribution in [0.1, 0.15) is 20.3 Å². The van der Waals surface area contributed by atoms with Gasteiger partial charge in [0.2, 0.25) is 0 Å². The summed E-state index contributed by atoms with van der Waals surface area (Å²) in [5.74, 6) is 1.01. The molecule has 3 heteroatoms. The maximum Gasteiger partial charge on any atom is 0.129 e. The molecule has 0 N–H and O–H groups in total. The van der Waals surface area contributed by atoms with E-state index < -0.39 is 0 Å². The van der Waals surface area contributed by atoms with Crippen LogP contribution in [0.5, 0.6) is 5.75 Å². The minimum Gasteiger partial charge on any atom is -0.493 e. The lowest BCUT2D eigenvalue weighted by Gasteiger charge is -2.17. The van der Waals surface area contributed by atoms with Crippen LogP contribution < -0.4 is 4.74 Å². The molecule has 0 saturated carbocycles. The van der Waals surface area contributed by atoms with Gasteiger partial charge in [-0.05, 0) is 31.0 Å². The lowest BCUT2D eigenvalue weighted by Crippen LogP contribution is -2.25. The Labute approximate surface area is 90.5 Å². The molecular weight excluding hydrogens is 194 g/mol. The molecule has 0 radical (unpaired) electrons. The van der Waals surface area contributed by atoms with Gasteiger partial charge in [-0.15, -0.1) is 11.3 Å². The van der Waals surface area contributed by atoms with Gasteiger partial charge in [-0.25, -0.2) is 0 Å². The molecule has 0 spiro atoms. The van der Waals surface area contributed by atoms with E-state index in [2.05, 4.69) is 18.7 Å². The van der Waals surface area contributed by atoms with E-state index in [1.165, 1.54) is 0 Å². The van der Waals surface area contributed by atoms with Crippen LogP contribution in [0.4, 0.5) is 0 Å². The quantitative estimate of drug-likeness (QED) is 0.646. The van der Waals surface area contributed by atoms with Gasteiger partial charge in [0.15, 0.2) is 0 Å². The second-order valence-electron chi connectivity index (χ2n) is 3.19. The Bertz CT molecular complexity index is 219. The largest absolute Gasteiger partial charge is 0.493 e. The first-order valence-corrected chi connectivity index (χ1v) is 6.18. The standard InChI is InChI=1S/C11H19NOS/c1-3-12(4-2)7-5-8-13-11-6-9-14-10-11/h6,9-10H,3-5,7-8H2,1-2H3. The van der Waals surface area contributed by atoms with E-state index in [1.807, 2.05) is 16.8 Å². The molecule has 0 bridgehead atoms. The molecule has 0 atom stereocenters. The zero-order chi connectivity index (χ0) is 10.2. The highest BCUT2D eigenvalue weighted by atomic mass is 32.1.